The molecule has 0 N–H and O–H groups in total. The standard InChI is InChI=1S/C11H18N2O/c1-7-10(9(4)14)11(13(5)6)12-8(2)3/h7H,1H2,2-6H3/b11-10-. The lowest BCUT2D eigenvalue weighted by Crippen LogP contribution is -2.15. The van der Waals surface area contributed by atoms with E-state index in [1.165, 1.54) is 6.92 Å². The molecule has 0 heterocycles. The summed E-state index contributed by atoms with van der Waals surface area (Å²) >= 11 is 0. The van der Waals surface area contributed by atoms with Crippen LogP contribution >= 0.6 is 0 Å². The van der Waals surface area contributed by atoms with E-state index in [0.717, 1.165) is 5.71 Å². The summed E-state index contributed by atoms with van der Waals surface area (Å²) in [5.41, 5.74) is 1.46. The van der Waals surface area contributed by atoms with E-state index < -0.39 is 0 Å². The van der Waals surface area contributed by atoms with Crippen molar-refractivity contribution >= 4 is 11.5 Å². The lowest BCUT2D eigenvalue weighted by Gasteiger charge is -2.15. The van der Waals surface area contributed by atoms with Gasteiger partial charge in [-0.05, 0) is 20.8 Å². The third-order valence-corrected chi connectivity index (χ3v) is 1.58. The Morgan fingerprint density at radius 2 is 1.79 bits per heavy atom. The SMILES string of the molecule is C=C/C(C(C)=O)=C(\N=C(C)C)N(C)C. The van der Waals surface area contributed by atoms with Crippen molar-refractivity contribution in [2.24, 2.45) is 4.99 Å². The number of nitrogens with zero attached hydrogens (tertiary/aromatic N) is 2. The van der Waals surface area contributed by atoms with Crippen LogP contribution in [0, 0.1) is 0 Å². The Bertz CT molecular complexity index is 294. The predicted octanol–water partition coefficient (Wildman–Crippen LogP) is 2.02. The second-order valence-corrected chi connectivity index (χ2v) is 3.45. The third-order valence-electron chi connectivity index (χ3n) is 1.58. The number of carbonyl (C=O) groups excluding carboxylic acids is 1. The first-order valence-corrected chi connectivity index (χ1v) is 4.47. The number of aliphatic imine (C=N–C) groups is 1. The molecule has 0 aromatic carbocycles. The van der Waals surface area contributed by atoms with Crippen LogP contribution in [-0.4, -0.2) is 30.5 Å². The van der Waals surface area contributed by atoms with Crippen LogP contribution in [0.15, 0.2) is 29.0 Å². The zero-order valence-corrected chi connectivity index (χ0v) is 9.59. The number of ketones is 1. The van der Waals surface area contributed by atoms with Gasteiger partial charge < -0.3 is 4.90 Å². The maximum Gasteiger partial charge on any atom is 0.163 e. The molecule has 0 radical (unpaired) electrons. The van der Waals surface area contributed by atoms with E-state index in [9.17, 15) is 4.79 Å². The van der Waals surface area contributed by atoms with Gasteiger partial charge in [-0.3, -0.25) is 4.79 Å². The lowest BCUT2D eigenvalue weighted by molar-refractivity contribution is -0.113. The third kappa shape index (κ3) is 3.56. The largest absolute Gasteiger partial charge is 0.362 e. The van der Waals surface area contributed by atoms with Crippen molar-refractivity contribution in [3.63, 3.8) is 0 Å². The molecule has 78 valence electrons. The Morgan fingerprint density at radius 3 is 2.00 bits per heavy atom. The van der Waals surface area contributed by atoms with Crippen LogP contribution in [0.2, 0.25) is 0 Å². The molecule has 0 aliphatic rings. The van der Waals surface area contributed by atoms with Gasteiger partial charge in [-0.15, -0.1) is 0 Å². The first-order valence-electron chi connectivity index (χ1n) is 4.47. The predicted molar refractivity (Wildman–Crippen MR) is 60.4 cm³/mol. The molecular formula is C11H18N2O. The molecule has 0 saturated carbocycles. The normalized spacial score (nSPS) is 11.5. The van der Waals surface area contributed by atoms with Gasteiger partial charge in [0.15, 0.2) is 5.78 Å². The van der Waals surface area contributed by atoms with Crippen LogP contribution in [0.4, 0.5) is 0 Å². The Kier molecular flexibility index (Phi) is 4.84. The molecule has 0 unspecified atom stereocenters. The minimum Gasteiger partial charge on any atom is -0.362 e. The van der Waals surface area contributed by atoms with Crippen molar-refractivity contribution in [1.29, 1.82) is 0 Å². The average Bonchev–Trinajstić information content (AvgIpc) is 2.02. The second kappa shape index (κ2) is 5.37. The topological polar surface area (TPSA) is 32.7 Å². The van der Waals surface area contributed by atoms with E-state index in [4.69, 9.17) is 0 Å². The van der Waals surface area contributed by atoms with Crippen molar-refractivity contribution < 1.29 is 4.79 Å². The summed E-state index contributed by atoms with van der Waals surface area (Å²) < 4.78 is 0. The number of rotatable bonds is 4. The molecule has 0 rings (SSSR count). The number of allylic oxidation sites excluding steroid dienone is 2. The van der Waals surface area contributed by atoms with E-state index in [0.29, 0.717) is 11.4 Å². The summed E-state index contributed by atoms with van der Waals surface area (Å²) in [6.45, 7) is 8.92. The van der Waals surface area contributed by atoms with Crippen molar-refractivity contribution in [2.45, 2.75) is 20.8 Å². The maximum absolute atomic E-state index is 11.3. The summed E-state index contributed by atoms with van der Waals surface area (Å²) in [6, 6.07) is 0. The second-order valence-electron chi connectivity index (χ2n) is 3.45. The number of hydrogen-bond acceptors (Lipinski definition) is 3. The van der Waals surface area contributed by atoms with Gasteiger partial charge in [-0.25, -0.2) is 4.99 Å². The van der Waals surface area contributed by atoms with Crippen LogP contribution < -0.4 is 0 Å². The number of Topliss-reactive ketones (excluding diaryl/α,β-unsaturated/α-hetero) is 1. The van der Waals surface area contributed by atoms with Gasteiger partial charge in [0.05, 0.1) is 5.57 Å². The summed E-state index contributed by atoms with van der Waals surface area (Å²) in [7, 11) is 3.71. The quantitative estimate of drug-likeness (QED) is 0.389. The summed E-state index contributed by atoms with van der Waals surface area (Å²) in [5.74, 6) is 0.640. The molecule has 0 aliphatic heterocycles. The molecule has 0 atom stereocenters. The van der Waals surface area contributed by atoms with Crippen LogP contribution in [0.5, 0.6) is 0 Å². The molecule has 0 bridgehead atoms. The van der Waals surface area contributed by atoms with E-state index >= 15 is 0 Å². The zero-order valence-electron chi connectivity index (χ0n) is 9.59. The van der Waals surface area contributed by atoms with Crippen LogP contribution in [0.1, 0.15) is 20.8 Å². The first kappa shape index (κ1) is 12.6. The highest BCUT2D eigenvalue weighted by atomic mass is 16.1. The molecule has 0 fully saturated rings. The first-order chi connectivity index (χ1) is 6.40. The highest BCUT2D eigenvalue weighted by Crippen LogP contribution is 2.11. The van der Waals surface area contributed by atoms with Gasteiger partial charge in [0.1, 0.15) is 5.82 Å². The minimum atomic E-state index is -0.0197. The summed E-state index contributed by atoms with van der Waals surface area (Å²) in [4.78, 5) is 17.4. The van der Waals surface area contributed by atoms with Crippen LogP contribution in [0.25, 0.3) is 0 Å². The van der Waals surface area contributed by atoms with Gasteiger partial charge in [0.25, 0.3) is 0 Å². The molecule has 14 heavy (non-hydrogen) atoms. The monoisotopic (exact) mass is 194 g/mol. The molecule has 0 amide bonds. The van der Waals surface area contributed by atoms with E-state index in [1.807, 2.05) is 32.8 Å². The van der Waals surface area contributed by atoms with Gasteiger partial charge >= 0.3 is 0 Å². The maximum atomic E-state index is 11.3. The van der Waals surface area contributed by atoms with Gasteiger partial charge in [-0.2, -0.15) is 0 Å². The molecular weight excluding hydrogens is 176 g/mol. The highest BCUT2D eigenvalue weighted by Gasteiger charge is 2.09. The van der Waals surface area contributed by atoms with Crippen molar-refractivity contribution in [2.75, 3.05) is 14.1 Å². The van der Waals surface area contributed by atoms with E-state index in [-0.39, 0.29) is 5.78 Å². The molecule has 3 heteroatoms. The zero-order chi connectivity index (χ0) is 11.3. The molecule has 0 aromatic heterocycles. The molecule has 0 spiro atoms. The molecule has 0 aromatic rings. The fourth-order valence-corrected chi connectivity index (χ4v) is 1.01. The molecule has 0 saturated heterocycles. The Hall–Kier alpha value is -1.38. The van der Waals surface area contributed by atoms with Crippen molar-refractivity contribution in [1.82, 2.24) is 4.90 Å². The van der Waals surface area contributed by atoms with Gasteiger partial charge in [-0.1, -0.05) is 12.7 Å². The fourth-order valence-electron chi connectivity index (χ4n) is 1.01. The van der Waals surface area contributed by atoms with Crippen molar-refractivity contribution in [3.05, 3.63) is 24.0 Å². The Morgan fingerprint density at radius 1 is 1.29 bits per heavy atom. The van der Waals surface area contributed by atoms with Crippen LogP contribution in [0.3, 0.4) is 0 Å². The minimum absolute atomic E-state index is 0.0197. The number of carbonyl (C=O) groups is 1. The van der Waals surface area contributed by atoms with E-state index in [2.05, 4.69) is 11.6 Å². The van der Waals surface area contributed by atoms with Gasteiger partial charge in [0.2, 0.25) is 0 Å². The average molecular weight is 194 g/mol. The molecule has 0 aliphatic carbocycles. The van der Waals surface area contributed by atoms with Gasteiger partial charge in [0, 0.05) is 19.8 Å². The van der Waals surface area contributed by atoms with Crippen molar-refractivity contribution in [3.8, 4) is 0 Å². The Labute approximate surface area is 85.8 Å². The number of hydrogen-bond donors (Lipinski definition) is 0. The Balaban J connectivity index is 5.44. The molecule has 3 nitrogen and oxygen atoms in total. The highest BCUT2D eigenvalue weighted by molar-refractivity contribution is 5.97. The lowest BCUT2D eigenvalue weighted by atomic mass is 10.2. The fraction of sp³-hybridized carbons (Fsp3) is 0.455. The summed E-state index contributed by atoms with van der Waals surface area (Å²) in [6.07, 6.45) is 1.55. The van der Waals surface area contributed by atoms with Crippen LogP contribution in [-0.2, 0) is 4.79 Å². The summed E-state index contributed by atoms with van der Waals surface area (Å²) in [5, 5.41) is 0. The van der Waals surface area contributed by atoms with E-state index in [1.54, 1.807) is 6.08 Å². The smallest absolute Gasteiger partial charge is 0.163 e.